The third-order valence-corrected chi connectivity index (χ3v) is 10.5. The summed E-state index contributed by atoms with van der Waals surface area (Å²) in [5.74, 6) is 1.91. The van der Waals surface area contributed by atoms with Gasteiger partial charge in [-0.3, -0.25) is 0 Å². The molecular formula is C49H31N5. The van der Waals surface area contributed by atoms with Crippen molar-refractivity contribution >= 4 is 54.4 Å². The summed E-state index contributed by atoms with van der Waals surface area (Å²) < 4.78 is 4.90. The van der Waals surface area contributed by atoms with Crippen molar-refractivity contribution in [3.8, 4) is 45.5 Å². The van der Waals surface area contributed by atoms with Crippen LogP contribution in [0.15, 0.2) is 188 Å². The highest BCUT2D eigenvalue weighted by Crippen LogP contribution is 2.43. The molecule has 0 aliphatic heterocycles. The van der Waals surface area contributed by atoms with E-state index in [1.54, 1.807) is 0 Å². The molecule has 0 bridgehead atoms. The van der Waals surface area contributed by atoms with Gasteiger partial charge in [0.15, 0.2) is 17.5 Å². The molecule has 0 amide bonds. The molecular weight excluding hydrogens is 659 g/mol. The van der Waals surface area contributed by atoms with Gasteiger partial charge in [0.05, 0.1) is 27.8 Å². The fourth-order valence-electron chi connectivity index (χ4n) is 8.22. The first kappa shape index (κ1) is 30.3. The third kappa shape index (κ3) is 4.62. The molecule has 0 atom stereocenters. The van der Waals surface area contributed by atoms with Crippen LogP contribution >= 0.6 is 0 Å². The van der Waals surface area contributed by atoms with Crippen molar-refractivity contribution in [1.82, 2.24) is 24.1 Å². The molecule has 3 heterocycles. The van der Waals surface area contributed by atoms with Gasteiger partial charge in [0, 0.05) is 49.3 Å². The zero-order valence-electron chi connectivity index (χ0n) is 29.1. The summed E-state index contributed by atoms with van der Waals surface area (Å²) in [7, 11) is 0. The first-order valence-corrected chi connectivity index (χ1v) is 18.2. The second-order valence-corrected chi connectivity index (χ2v) is 13.6. The zero-order valence-corrected chi connectivity index (χ0v) is 29.1. The van der Waals surface area contributed by atoms with Crippen LogP contribution in [0.4, 0.5) is 0 Å². The number of fused-ring (bicyclic) bond motifs is 8. The van der Waals surface area contributed by atoms with Crippen LogP contribution in [-0.4, -0.2) is 24.1 Å². The van der Waals surface area contributed by atoms with Crippen molar-refractivity contribution in [3.63, 3.8) is 0 Å². The average molecular weight is 690 g/mol. The summed E-state index contributed by atoms with van der Waals surface area (Å²) >= 11 is 0. The molecule has 252 valence electrons. The van der Waals surface area contributed by atoms with Gasteiger partial charge in [-0.25, -0.2) is 15.0 Å². The van der Waals surface area contributed by atoms with Crippen molar-refractivity contribution in [2.45, 2.75) is 0 Å². The number of rotatable bonds is 5. The molecule has 0 saturated carbocycles. The second kappa shape index (κ2) is 12.1. The predicted molar refractivity (Wildman–Crippen MR) is 222 cm³/mol. The molecule has 11 aromatic rings. The molecule has 11 rings (SSSR count). The van der Waals surface area contributed by atoms with Crippen molar-refractivity contribution in [2.24, 2.45) is 0 Å². The van der Waals surface area contributed by atoms with Crippen LogP contribution in [0.25, 0.3) is 99.9 Å². The van der Waals surface area contributed by atoms with E-state index in [9.17, 15) is 0 Å². The van der Waals surface area contributed by atoms with Crippen LogP contribution < -0.4 is 0 Å². The molecule has 3 aromatic heterocycles. The first-order chi connectivity index (χ1) is 26.8. The summed E-state index contributed by atoms with van der Waals surface area (Å²) in [6.07, 6.45) is 0. The van der Waals surface area contributed by atoms with Gasteiger partial charge < -0.3 is 9.13 Å². The van der Waals surface area contributed by atoms with Gasteiger partial charge in [-0.2, -0.15) is 0 Å². The smallest absolute Gasteiger partial charge is 0.164 e. The maximum Gasteiger partial charge on any atom is 0.164 e. The van der Waals surface area contributed by atoms with Crippen LogP contribution in [-0.2, 0) is 0 Å². The highest BCUT2D eigenvalue weighted by molar-refractivity contribution is 6.24. The summed E-state index contributed by atoms with van der Waals surface area (Å²) in [6, 6.07) is 66.1. The Morgan fingerprint density at radius 3 is 1.43 bits per heavy atom. The number of benzene rings is 8. The van der Waals surface area contributed by atoms with Gasteiger partial charge in [0.2, 0.25) is 0 Å². The summed E-state index contributed by atoms with van der Waals surface area (Å²) in [5.41, 5.74) is 9.65. The van der Waals surface area contributed by atoms with Gasteiger partial charge in [-0.05, 0) is 35.7 Å². The second-order valence-electron chi connectivity index (χ2n) is 13.6. The number of hydrogen-bond donors (Lipinski definition) is 0. The predicted octanol–water partition coefficient (Wildman–Crippen LogP) is 12.2. The van der Waals surface area contributed by atoms with E-state index in [0.717, 1.165) is 49.9 Å². The first-order valence-electron chi connectivity index (χ1n) is 18.2. The zero-order chi connectivity index (χ0) is 35.6. The lowest BCUT2D eigenvalue weighted by molar-refractivity contribution is 1.08. The Hall–Kier alpha value is -7.37. The Labute approximate surface area is 311 Å². The Balaban J connectivity index is 1.28. The molecule has 54 heavy (non-hydrogen) atoms. The van der Waals surface area contributed by atoms with E-state index in [0.29, 0.717) is 17.5 Å². The minimum atomic E-state index is 0.630. The maximum atomic E-state index is 5.19. The molecule has 0 radical (unpaired) electrons. The van der Waals surface area contributed by atoms with E-state index in [4.69, 9.17) is 15.0 Å². The summed E-state index contributed by atoms with van der Waals surface area (Å²) in [5, 5.41) is 7.02. The van der Waals surface area contributed by atoms with Crippen molar-refractivity contribution < 1.29 is 0 Å². The average Bonchev–Trinajstić information content (AvgIpc) is 3.77. The SMILES string of the molecule is c1ccc(-c2nc(-c3ccccc3)nc(-c3cccc4cccc(-n5c6ccccc6c6ccc7c8ccccc8n(-c8ccccc8)c7c65)c34)n2)cc1. The van der Waals surface area contributed by atoms with Crippen molar-refractivity contribution in [2.75, 3.05) is 0 Å². The van der Waals surface area contributed by atoms with Gasteiger partial charge in [-0.15, -0.1) is 0 Å². The molecule has 0 aliphatic rings. The fourth-order valence-corrected chi connectivity index (χ4v) is 8.22. The molecule has 5 nitrogen and oxygen atoms in total. The quantitative estimate of drug-likeness (QED) is 0.181. The minimum Gasteiger partial charge on any atom is -0.307 e. The monoisotopic (exact) mass is 689 g/mol. The van der Waals surface area contributed by atoms with Crippen LogP contribution in [0.2, 0.25) is 0 Å². The van der Waals surface area contributed by atoms with Crippen LogP contribution in [0.5, 0.6) is 0 Å². The molecule has 0 unspecified atom stereocenters. The molecule has 5 heteroatoms. The third-order valence-electron chi connectivity index (χ3n) is 10.5. The lowest BCUT2D eigenvalue weighted by Crippen LogP contribution is -2.02. The number of para-hydroxylation sites is 3. The van der Waals surface area contributed by atoms with Gasteiger partial charge in [0.25, 0.3) is 0 Å². The van der Waals surface area contributed by atoms with E-state index < -0.39 is 0 Å². The summed E-state index contributed by atoms with van der Waals surface area (Å²) in [4.78, 5) is 15.4. The Kier molecular flexibility index (Phi) is 6.79. The highest BCUT2D eigenvalue weighted by Gasteiger charge is 2.23. The normalized spacial score (nSPS) is 11.7. The van der Waals surface area contributed by atoms with Gasteiger partial charge in [0.1, 0.15) is 0 Å². The Bertz CT molecular complexity index is 3140. The van der Waals surface area contributed by atoms with Crippen molar-refractivity contribution in [3.05, 3.63) is 188 Å². The van der Waals surface area contributed by atoms with E-state index >= 15 is 0 Å². The number of nitrogens with zero attached hydrogens (tertiary/aromatic N) is 5. The summed E-state index contributed by atoms with van der Waals surface area (Å²) in [6.45, 7) is 0. The van der Waals surface area contributed by atoms with Crippen LogP contribution in [0, 0.1) is 0 Å². The number of aromatic nitrogens is 5. The maximum absolute atomic E-state index is 5.19. The standard InChI is InChI=1S/C49H31N5/c1-4-16-33(17-5-1)47-50-48(34-18-6-2-7-19-34)52-49(51-47)40-26-14-20-32-21-15-29-43(44(32)40)54-42-28-13-11-25-37(42)39-31-30-38-36-24-10-12-27-41(36)53(45(38)46(39)54)35-22-8-3-9-23-35/h1-31H. The molecule has 8 aromatic carbocycles. The van der Waals surface area contributed by atoms with Gasteiger partial charge in [-0.1, -0.05) is 158 Å². The molecule has 0 saturated heterocycles. The fraction of sp³-hybridized carbons (Fsp3) is 0. The lowest BCUT2D eigenvalue weighted by Gasteiger charge is -2.17. The van der Waals surface area contributed by atoms with Crippen molar-refractivity contribution in [1.29, 1.82) is 0 Å². The molecule has 0 spiro atoms. The van der Waals surface area contributed by atoms with Crippen LogP contribution in [0.3, 0.4) is 0 Å². The lowest BCUT2D eigenvalue weighted by atomic mass is 10.0. The molecule has 0 N–H and O–H groups in total. The van der Waals surface area contributed by atoms with E-state index in [2.05, 4.69) is 161 Å². The Morgan fingerprint density at radius 1 is 0.333 bits per heavy atom. The van der Waals surface area contributed by atoms with Gasteiger partial charge >= 0.3 is 0 Å². The largest absolute Gasteiger partial charge is 0.307 e. The minimum absolute atomic E-state index is 0.630. The highest BCUT2D eigenvalue weighted by atomic mass is 15.1. The topological polar surface area (TPSA) is 48.5 Å². The van der Waals surface area contributed by atoms with Crippen LogP contribution in [0.1, 0.15) is 0 Å². The van der Waals surface area contributed by atoms with E-state index in [1.807, 2.05) is 36.4 Å². The van der Waals surface area contributed by atoms with E-state index in [-0.39, 0.29) is 0 Å². The number of hydrogen-bond acceptors (Lipinski definition) is 3. The molecule has 0 fully saturated rings. The Morgan fingerprint density at radius 2 is 0.815 bits per heavy atom. The van der Waals surface area contributed by atoms with E-state index in [1.165, 1.54) is 32.6 Å². The molecule has 0 aliphatic carbocycles.